The average molecular weight is 289 g/mol. The standard InChI is InChI=1S/C17H23NO3/c1-2-3-4-5-6-7-8-9-12-15(17(19)20)21-16-13-10-11-14-18-16/h8-14H,2-7H2,1H3,(H,19,20). The first-order chi connectivity index (χ1) is 10.2. The van der Waals surface area contributed by atoms with E-state index in [1.54, 1.807) is 30.5 Å². The Labute approximate surface area is 126 Å². The summed E-state index contributed by atoms with van der Waals surface area (Å²) < 4.78 is 5.23. The summed E-state index contributed by atoms with van der Waals surface area (Å²) in [6, 6.07) is 5.11. The summed E-state index contributed by atoms with van der Waals surface area (Å²) in [5.41, 5.74) is 0. The summed E-state index contributed by atoms with van der Waals surface area (Å²) in [6.07, 6.45) is 13.8. The second kappa shape index (κ2) is 10.7. The second-order valence-electron chi connectivity index (χ2n) is 4.74. The number of allylic oxidation sites excluding steroid dienone is 3. The normalized spacial score (nSPS) is 11.8. The molecule has 1 heterocycles. The molecule has 1 N–H and O–H groups in total. The van der Waals surface area contributed by atoms with Gasteiger partial charge in [0.25, 0.3) is 0 Å². The number of rotatable bonds is 10. The van der Waals surface area contributed by atoms with Crippen molar-refractivity contribution in [2.75, 3.05) is 0 Å². The first-order valence-electron chi connectivity index (χ1n) is 7.43. The highest BCUT2D eigenvalue weighted by molar-refractivity contribution is 5.85. The Bertz CT molecular complexity index is 466. The number of aliphatic carboxylic acids is 1. The van der Waals surface area contributed by atoms with E-state index in [2.05, 4.69) is 11.9 Å². The fourth-order valence-corrected chi connectivity index (χ4v) is 1.79. The molecule has 0 radical (unpaired) electrons. The number of aromatic nitrogens is 1. The summed E-state index contributed by atoms with van der Waals surface area (Å²) in [5.74, 6) is -0.955. The Morgan fingerprint density at radius 2 is 2.10 bits per heavy atom. The maximum absolute atomic E-state index is 11.1. The van der Waals surface area contributed by atoms with E-state index >= 15 is 0 Å². The van der Waals surface area contributed by atoms with Crippen LogP contribution < -0.4 is 4.74 Å². The molecule has 0 fully saturated rings. The van der Waals surface area contributed by atoms with E-state index in [0.29, 0.717) is 0 Å². The third-order valence-electron chi connectivity index (χ3n) is 2.92. The topological polar surface area (TPSA) is 59.4 Å². The lowest BCUT2D eigenvalue weighted by atomic mass is 10.1. The largest absolute Gasteiger partial charge is 0.475 e. The van der Waals surface area contributed by atoms with E-state index in [4.69, 9.17) is 9.84 Å². The second-order valence-corrected chi connectivity index (χ2v) is 4.74. The lowest BCUT2D eigenvalue weighted by Gasteiger charge is -2.03. The first kappa shape index (κ1) is 17.0. The third kappa shape index (κ3) is 7.92. The molecule has 0 aromatic carbocycles. The molecule has 1 aromatic rings. The minimum atomic E-state index is -1.10. The number of hydrogen-bond acceptors (Lipinski definition) is 3. The summed E-state index contributed by atoms with van der Waals surface area (Å²) in [5, 5.41) is 9.08. The SMILES string of the molecule is CCCCCCCC=CC=C(Oc1ccccn1)C(=O)O. The smallest absolute Gasteiger partial charge is 0.371 e. The van der Waals surface area contributed by atoms with Gasteiger partial charge in [0, 0.05) is 12.3 Å². The first-order valence-corrected chi connectivity index (χ1v) is 7.43. The minimum Gasteiger partial charge on any atom is -0.475 e. The molecule has 4 heteroatoms. The summed E-state index contributed by atoms with van der Waals surface area (Å²) in [4.78, 5) is 15.0. The number of carbonyl (C=O) groups is 1. The number of nitrogens with zero attached hydrogens (tertiary/aromatic N) is 1. The molecule has 0 aliphatic heterocycles. The van der Waals surface area contributed by atoms with E-state index < -0.39 is 5.97 Å². The van der Waals surface area contributed by atoms with Crippen LogP contribution in [0.5, 0.6) is 5.88 Å². The Morgan fingerprint density at radius 1 is 1.29 bits per heavy atom. The van der Waals surface area contributed by atoms with Gasteiger partial charge in [-0.15, -0.1) is 0 Å². The highest BCUT2D eigenvalue weighted by atomic mass is 16.5. The van der Waals surface area contributed by atoms with Crippen molar-refractivity contribution in [2.24, 2.45) is 0 Å². The highest BCUT2D eigenvalue weighted by Crippen LogP contribution is 2.10. The number of unbranched alkanes of at least 4 members (excludes halogenated alkanes) is 5. The molecule has 1 aromatic heterocycles. The Morgan fingerprint density at radius 3 is 2.76 bits per heavy atom. The van der Waals surface area contributed by atoms with Crippen LogP contribution in [0.2, 0.25) is 0 Å². The van der Waals surface area contributed by atoms with Gasteiger partial charge in [0.2, 0.25) is 11.6 Å². The fourth-order valence-electron chi connectivity index (χ4n) is 1.79. The van der Waals surface area contributed by atoms with Gasteiger partial charge in [-0.3, -0.25) is 0 Å². The van der Waals surface area contributed by atoms with Crippen LogP contribution in [0.4, 0.5) is 0 Å². The average Bonchev–Trinajstić information content (AvgIpc) is 2.49. The third-order valence-corrected chi connectivity index (χ3v) is 2.92. The molecule has 0 amide bonds. The van der Waals surface area contributed by atoms with Gasteiger partial charge in [0.1, 0.15) is 0 Å². The zero-order valence-corrected chi connectivity index (χ0v) is 12.5. The van der Waals surface area contributed by atoms with Crippen LogP contribution in [0.15, 0.2) is 48.4 Å². The van der Waals surface area contributed by atoms with Crippen LogP contribution in [0.3, 0.4) is 0 Å². The van der Waals surface area contributed by atoms with Crippen molar-refractivity contribution in [3.8, 4) is 5.88 Å². The number of ether oxygens (including phenoxy) is 1. The van der Waals surface area contributed by atoms with Crippen LogP contribution in [0.25, 0.3) is 0 Å². The van der Waals surface area contributed by atoms with E-state index in [0.717, 1.165) is 12.8 Å². The number of pyridine rings is 1. The van der Waals surface area contributed by atoms with Crippen molar-refractivity contribution in [2.45, 2.75) is 45.4 Å². The quantitative estimate of drug-likeness (QED) is 0.301. The summed E-state index contributed by atoms with van der Waals surface area (Å²) in [6.45, 7) is 2.19. The Balaban J connectivity index is 2.40. The lowest BCUT2D eigenvalue weighted by Crippen LogP contribution is -2.08. The van der Waals surface area contributed by atoms with E-state index in [-0.39, 0.29) is 11.6 Å². The van der Waals surface area contributed by atoms with Crippen LogP contribution >= 0.6 is 0 Å². The van der Waals surface area contributed by atoms with Crippen molar-refractivity contribution in [3.05, 3.63) is 48.4 Å². The van der Waals surface area contributed by atoms with Crippen molar-refractivity contribution in [1.82, 2.24) is 4.98 Å². The molecule has 0 saturated carbocycles. The van der Waals surface area contributed by atoms with Crippen molar-refractivity contribution in [1.29, 1.82) is 0 Å². The maximum atomic E-state index is 11.1. The van der Waals surface area contributed by atoms with E-state index in [1.165, 1.54) is 31.8 Å². The molecule has 0 atom stereocenters. The van der Waals surface area contributed by atoms with Crippen molar-refractivity contribution in [3.63, 3.8) is 0 Å². The fraction of sp³-hybridized carbons (Fsp3) is 0.412. The van der Waals surface area contributed by atoms with Crippen LogP contribution in [0, 0.1) is 0 Å². The number of carboxylic acid groups (broad SMARTS) is 1. The maximum Gasteiger partial charge on any atom is 0.371 e. The predicted molar refractivity (Wildman–Crippen MR) is 83.1 cm³/mol. The van der Waals surface area contributed by atoms with E-state index in [1.807, 2.05) is 6.08 Å². The molecule has 0 bridgehead atoms. The zero-order chi connectivity index (χ0) is 15.3. The van der Waals surface area contributed by atoms with Crippen LogP contribution in [-0.4, -0.2) is 16.1 Å². The predicted octanol–water partition coefficient (Wildman–Crippen LogP) is 4.35. The van der Waals surface area contributed by atoms with Crippen LogP contribution in [-0.2, 0) is 4.79 Å². The molecular formula is C17H23NO3. The molecule has 0 unspecified atom stereocenters. The Kier molecular flexibility index (Phi) is 8.61. The molecule has 0 aliphatic rings. The molecule has 21 heavy (non-hydrogen) atoms. The highest BCUT2D eigenvalue weighted by Gasteiger charge is 2.09. The van der Waals surface area contributed by atoms with Gasteiger partial charge in [-0.2, -0.15) is 0 Å². The van der Waals surface area contributed by atoms with Crippen LogP contribution in [0.1, 0.15) is 45.4 Å². The molecule has 0 aliphatic carbocycles. The Hall–Kier alpha value is -2.10. The monoisotopic (exact) mass is 289 g/mol. The van der Waals surface area contributed by atoms with Gasteiger partial charge >= 0.3 is 5.97 Å². The number of carboxylic acids is 1. The van der Waals surface area contributed by atoms with Gasteiger partial charge in [-0.25, -0.2) is 9.78 Å². The van der Waals surface area contributed by atoms with Gasteiger partial charge < -0.3 is 9.84 Å². The zero-order valence-electron chi connectivity index (χ0n) is 12.5. The van der Waals surface area contributed by atoms with Gasteiger partial charge in [-0.1, -0.05) is 50.8 Å². The number of hydrogen-bond donors (Lipinski definition) is 1. The summed E-state index contributed by atoms with van der Waals surface area (Å²) >= 11 is 0. The van der Waals surface area contributed by atoms with Crippen molar-refractivity contribution >= 4 is 5.97 Å². The van der Waals surface area contributed by atoms with Gasteiger partial charge in [-0.05, 0) is 25.0 Å². The van der Waals surface area contributed by atoms with Gasteiger partial charge in [0.05, 0.1) is 0 Å². The molecule has 0 saturated heterocycles. The van der Waals surface area contributed by atoms with E-state index in [9.17, 15) is 4.79 Å². The molecule has 4 nitrogen and oxygen atoms in total. The molecule has 1 rings (SSSR count). The molecular weight excluding hydrogens is 266 g/mol. The lowest BCUT2D eigenvalue weighted by molar-refractivity contribution is -0.135. The summed E-state index contributed by atoms with van der Waals surface area (Å²) in [7, 11) is 0. The molecule has 114 valence electrons. The van der Waals surface area contributed by atoms with Gasteiger partial charge in [0.15, 0.2) is 0 Å². The van der Waals surface area contributed by atoms with Crippen molar-refractivity contribution < 1.29 is 14.6 Å². The molecule has 0 spiro atoms. The minimum absolute atomic E-state index is 0.129.